The van der Waals surface area contributed by atoms with Gasteiger partial charge >= 0.3 is 5.91 Å². The number of halogens is 1. The van der Waals surface area contributed by atoms with Crippen molar-refractivity contribution in [2.24, 2.45) is 0 Å². The number of ketones is 1. The molecule has 1 fully saturated rings. The number of nitrogens with zero attached hydrogens (tertiary/aromatic N) is 3. The lowest BCUT2D eigenvalue weighted by Crippen LogP contribution is -2.29. The summed E-state index contributed by atoms with van der Waals surface area (Å²) in [7, 11) is 0. The van der Waals surface area contributed by atoms with E-state index in [0.29, 0.717) is 10.6 Å². The zero-order valence-corrected chi connectivity index (χ0v) is 19.5. The highest BCUT2D eigenvalue weighted by molar-refractivity contribution is 7.15. The van der Waals surface area contributed by atoms with Gasteiger partial charge in [-0.1, -0.05) is 31.3 Å². The molecule has 3 aromatic rings. The molecule has 0 bridgehead atoms. The number of aliphatic hydroxyl groups is 1. The quantitative estimate of drug-likeness (QED) is 0.301. The first-order valence-electron chi connectivity index (χ1n) is 10.6. The van der Waals surface area contributed by atoms with Crippen molar-refractivity contribution in [3.63, 3.8) is 0 Å². The van der Waals surface area contributed by atoms with Crippen LogP contribution in [0.25, 0.3) is 5.76 Å². The number of benzene rings is 2. The van der Waals surface area contributed by atoms with Crippen LogP contribution in [-0.4, -0.2) is 38.7 Å². The predicted octanol–water partition coefficient (Wildman–Crippen LogP) is 4.53. The normalized spacial score (nSPS) is 17.6. The monoisotopic (exact) mass is 483 g/mol. The standard InChI is InChI=1S/C24H22FN3O5S/c1-4-33-17-11-14(7-10-16(17)29)19-18(20(30)13-5-8-15(25)9-6-13)21(31)23(32)28(19)24-27-26-22(34-24)12(2)3/h5-12,19,29-30H,4H2,1-3H3/b20-18-. The Morgan fingerprint density at radius 2 is 1.88 bits per heavy atom. The molecule has 8 nitrogen and oxygen atoms in total. The maximum Gasteiger partial charge on any atom is 0.301 e. The summed E-state index contributed by atoms with van der Waals surface area (Å²) in [6.45, 7) is 5.89. The van der Waals surface area contributed by atoms with Gasteiger partial charge in [0.1, 0.15) is 16.6 Å². The van der Waals surface area contributed by atoms with E-state index >= 15 is 0 Å². The van der Waals surface area contributed by atoms with Crippen LogP contribution in [0, 0.1) is 5.82 Å². The number of rotatable bonds is 6. The molecule has 1 aliphatic rings. The molecule has 1 unspecified atom stereocenters. The van der Waals surface area contributed by atoms with E-state index in [2.05, 4.69) is 10.2 Å². The molecule has 4 rings (SSSR count). The lowest BCUT2D eigenvalue weighted by atomic mass is 9.95. The SMILES string of the molecule is CCOc1cc(C2/C(=C(/O)c3ccc(F)cc3)C(=O)C(=O)N2c2nnc(C(C)C)s2)ccc1O. The van der Waals surface area contributed by atoms with Gasteiger partial charge in [0, 0.05) is 11.5 Å². The molecular formula is C24H22FN3O5S. The van der Waals surface area contributed by atoms with E-state index in [1.54, 1.807) is 6.92 Å². The summed E-state index contributed by atoms with van der Waals surface area (Å²) >= 11 is 1.17. The van der Waals surface area contributed by atoms with Crippen LogP contribution < -0.4 is 9.64 Å². The van der Waals surface area contributed by atoms with Crippen molar-refractivity contribution in [1.29, 1.82) is 0 Å². The molecule has 34 heavy (non-hydrogen) atoms. The molecule has 1 aromatic heterocycles. The Bertz CT molecular complexity index is 1290. The van der Waals surface area contributed by atoms with E-state index in [-0.39, 0.29) is 40.3 Å². The minimum Gasteiger partial charge on any atom is -0.507 e. The summed E-state index contributed by atoms with van der Waals surface area (Å²) in [5.74, 6) is -2.66. The third kappa shape index (κ3) is 4.12. The Morgan fingerprint density at radius 1 is 1.18 bits per heavy atom. The summed E-state index contributed by atoms with van der Waals surface area (Å²) < 4.78 is 18.9. The second-order valence-corrected chi connectivity index (χ2v) is 8.90. The van der Waals surface area contributed by atoms with E-state index in [4.69, 9.17) is 4.74 Å². The van der Waals surface area contributed by atoms with E-state index in [1.807, 2.05) is 13.8 Å². The second-order valence-electron chi connectivity index (χ2n) is 7.91. The summed E-state index contributed by atoms with van der Waals surface area (Å²) in [5, 5.41) is 30.3. The molecular weight excluding hydrogens is 461 g/mol. The number of carbonyl (C=O) groups is 2. The van der Waals surface area contributed by atoms with Gasteiger partial charge in [0.05, 0.1) is 18.2 Å². The van der Waals surface area contributed by atoms with Gasteiger partial charge in [-0.05, 0) is 48.9 Å². The van der Waals surface area contributed by atoms with Crippen LogP contribution in [0.3, 0.4) is 0 Å². The first-order valence-corrected chi connectivity index (χ1v) is 11.4. The number of hydrogen-bond acceptors (Lipinski definition) is 8. The van der Waals surface area contributed by atoms with Crippen molar-refractivity contribution in [1.82, 2.24) is 10.2 Å². The first-order chi connectivity index (χ1) is 16.2. The second kappa shape index (κ2) is 9.22. The molecule has 2 heterocycles. The summed E-state index contributed by atoms with van der Waals surface area (Å²) in [6.07, 6.45) is 0. The van der Waals surface area contributed by atoms with Gasteiger partial charge in [0.25, 0.3) is 5.78 Å². The smallest absolute Gasteiger partial charge is 0.301 e. The molecule has 10 heteroatoms. The van der Waals surface area contributed by atoms with E-state index in [1.165, 1.54) is 46.6 Å². The Balaban J connectivity index is 1.94. The largest absolute Gasteiger partial charge is 0.507 e. The number of Topliss-reactive ketones (excluding diaryl/α,β-unsaturated/α-hetero) is 1. The van der Waals surface area contributed by atoms with Crippen LogP contribution in [0.4, 0.5) is 9.52 Å². The number of phenolic OH excluding ortho intramolecular Hbond substituents is 1. The van der Waals surface area contributed by atoms with Gasteiger partial charge < -0.3 is 14.9 Å². The maximum absolute atomic E-state index is 13.4. The van der Waals surface area contributed by atoms with Gasteiger partial charge in [-0.15, -0.1) is 10.2 Å². The highest BCUT2D eigenvalue weighted by Crippen LogP contribution is 2.45. The number of aromatic hydroxyl groups is 1. The number of anilines is 1. The third-order valence-electron chi connectivity index (χ3n) is 5.29. The van der Waals surface area contributed by atoms with Crippen LogP contribution in [0.5, 0.6) is 11.5 Å². The van der Waals surface area contributed by atoms with E-state index in [0.717, 1.165) is 12.1 Å². The van der Waals surface area contributed by atoms with Gasteiger partial charge in [0.15, 0.2) is 11.5 Å². The van der Waals surface area contributed by atoms with Gasteiger partial charge in [0.2, 0.25) is 5.13 Å². The van der Waals surface area contributed by atoms with Crippen LogP contribution in [-0.2, 0) is 9.59 Å². The highest BCUT2D eigenvalue weighted by atomic mass is 32.1. The molecule has 0 spiro atoms. The topological polar surface area (TPSA) is 113 Å². The fourth-order valence-electron chi connectivity index (χ4n) is 3.64. The minimum atomic E-state index is -1.07. The number of amides is 1. The Kier molecular flexibility index (Phi) is 6.34. The number of phenols is 1. The molecule has 0 saturated carbocycles. The number of aliphatic hydroxyl groups excluding tert-OH is 1. The molecule has 1 saturated heterocycles. The summed E-state index contributed by atoms with van der Waals surface area (Å²) in [5.41, 5.74) is 0.393. The lowest BCUT2D eigenvalue weighted by molar-refractivity contribution is -0.132. The van der Waals surface area contributed by atoms with Gasteiger partial charge in [-0.25, -0.2) is 4.39 Å². The summed E-state index contributed by atoms with van der Waals surface area (Å²) in [4.78, 5) is 27.5. The lowest BCUT2D eigenvalue weighted by Gasteiger charge is -2.23. The Labute approximate surface area is 198 Å². The molecule has 1 aliphatic heterocycles. The minimum absolute atomic E-state index is 0.0546. The zero-order valence-electron chi connectivity index (χ0n) is 18.7. The predicted molar refractivity (Wildman–Crippen MR) is 124 cm³/mol. The molecule has 0 aliphatic carbocycles. The number of ether oxygens (including phenoxy) is 1. The number of hydrogen-bond donors (Lipinski definition) is 2. The average molecular weight is 484 g/mol. The van der Waals surface area contributed by atoms with Crippen LogP contribution in [0.15, 0.2) is 48.0 Å². The average Bonchev–Trinajstić information content (AvgIpc) is 3.39. The molecule has 0 radical (unpaired) electrons. The van der Waals surface area contributed by atoms with Gasteiger partial charge in [-0.2, -0.15) is 0 Å². The van der Waals surface area contributed by atoms with Crippen molar-refractivity contribution in [2.45, 2.75) is 32.7 Å². The van der Waals surface area contributed by atoms with E-state index < -0.39 is 29.3 Å². The maximum atomic E-state index is 13.4. The fraction of sp³-hybridized carbons (Fsp3) is 0.250. The third-order valence-corrected chi connectivity index (χ3v) is 6.51. The first kappa shape index (κ1) is 23.4. The van der Waals surface area contributed by atoms with Crippen molar-refractivity contribution < 1.29 is 28.9 Å². The van der Waals surface area contributed by atoms with Crippen molar-refractivity contribution in [3.05, 3.63) is 70.0 Å². The van der Waals surface area contributed by atoms with Crippen LogP contribution >= 0.6 is 11.3 Å². The summed E-state index contributed by atoms with van der Waals surface area (Å²) in [6, 6.07) is 8.28. The Morgan fingerprint density at radius 3 is 2.50 bits per heavy atom. The van der Waals surface area contributed by atoms with Crippen molar-refractivity contribution in [2.75, 3.05) is 11.5 Å². The number of aromatic nitrogens is 2. The highest BCUT2D eigenvalue weighted by Gasteiger charge is 2.48. The van der Waals surface area contributed by atoms with Crippen molar-refractivity contribution in [3.8, 4) is 11.5 Å². The molecule has 2 N–H and O–H groups in total. The number of carbonyl (C=O) groups excluding carboxylic acids is 2. The zero-order chi connectivity index (χ0) is 24.6. The van der Waals surface area contributed by atoms with Crippen LogP contribution in [0.2, 0.25) is 0 Å². The fourth-order valence-corrected chi connectivity index (χ4v) is 4.51. The molecule has 2 aromatic carbocycles. The van der Waals surface area contributed by atoms with Gasteiger partial charge in [-0.3, -0.25) is 14.5 Å². The molecule has 1 amide bonds. The molecule has 176 valence electrons. The van der Waals surface area contributed by atoms with Crippen LogP contribution in [0.1, 0.15) is 48.9 Å². The van der Waals surface area contributed by atoms with Crippen molar-refractivity contribution >= 4 is 33.9 Å². The van der Waals surface area contributed by atoms with E-state index in [9.17, 15) is 24.2 Å². The Hall–Kier alpha value is -3.79. The molecule has 1 atom stereocenters.